The smallest absolute Gasteiger partial charge is 0.287 e. The van der Waals surface area contributed by atoms with Gasteiger partial charge in [-0.3, -0.25) is 4.79 Å². The zero-order valence-corrected chi connectivity index (χ0v) is 10.3. The van der Waals surface area contributed by atoms with Gasteiger partial charge in [-0.25, -0.2) is 0 Å². The first kappa shape index (κ1) is 11.9. The van der Waals surface area contributed by atoms with Crippen LogP contribution in [0, 0.1) is 0 Å². The number of thiophene rings is 1. The maximum absolute atomic E-state index is 11.8. The van der Waals surface area contributed by atoms with Crippen LogP contribution in [-0.2, 0) is 6.54 Å². The van der Waals surface area contributed by atoms with Crippen molar-refractivity contribution in [3.63, 3.8) is 0 Å². The lowest BCUT2D eigenvalue weighted by Gasteiger charge is -2.10. The zero-order valence-electron chi connectivity index (χ0n) is 9.47. The molecule has 2 aromatic rings. The van der Waals surface area contributed by atoms with Gasteiger partial charge < -0.3 is 15.5 Å². The van der Waals surface area contributed by atoms with Crippen molar-refractivity contribution in [3.8, 4) is 0 Å². The molecule has 0 saturated heterocycles. The number of furan rings is 1. The molecule has 1 amide bonds. The van der Waals surface area contributed by atoms with Crippen LogP contribution in [0.25, 0.3) is 0 Å². The third-order valence-corrected chi connectivity index (χ3v) is 3.46. The molecule has 0 radical (unpaired) electrons. The molecule has 90 valence electrons. The summed E-state index contributed by atoms with van der Waals surface area (Å²) in [4.78, 5) is 13.0. The van der Waals surface area contributed by atoms with Gasteiger partial charge in [-0.2, -0.15) is 0 Å². The number of hydrogen-bond donors (Lipinski definition) is 2. The largest absolute Gasteiger partial charge is 0.455 e. The highest BCUT2D eigenvalue weighted by Gasteiger charge is 2.14. The second-order valence-corrected chi connectivity index (χ2v) is 4.66. The van der Waals surface area contributed by atoms with E-state index >= 15 is 0 Å². The van der Waals surface area contributed by atoms with Gasteiger partial charge in [0, 0.05) is 4.88 Å². The van der Waals surface area contributed by atoms with E-state index < -0.39 is 0 Å². The summed E-state index contributed by atoms with van der Waals surface area (Å²) in [6.07, 6.45) is 0. The summed E-state index contributed by atoms with van der Waals surface area (Å²) in [6.45, 7) is 2.24. The Labute approximate surface area is 103 Å². The van der Waals surface area contributed by atoms with Crippen molar-refractivity contribution in [2.45, 2.75) is 19.5 Å². The Morgan fingerprint density at radius 1 is 1.53 bits per heavy atom. The Balaban J connectivity index is 2.01. The van der Waals surface area contributed by atoms with Crippen LogP contribution in [0.4, 0.5) is 0 Å². The maximum Gasteiger partial charge on any atom is 0.287 e. The normalized spacial score (nSPS) is 12.4. The molecule has 4 nitrogen and oxygen atoms in total. The lowest BCUT2D eigenvalue weighted by molar-refractivity contribution is 0.0910. The van der Waals surface area contributed by atoms with E-state index in [0.717, 1.165) is 4.88 Å². The number of carbonyl (C=O) groups is 1. The van der Waals surface area contributed by atoms with Gasteiger partial charge in [-0.15, -0.1) is 11.3 Å². The molecule has 0 aliphatic heterocycles. The SMILES string of the molecule is C[C@@H](NC(=O)c1ccc(CN)o1)c1cccs1. The Hall–Kier alpha value is -1.59. The van der Waals surface area contributed by atoms with Crippen LogP contribution < -0.4 is 11.1 Å². The molecule has 2 heterocycles. The van der Waals surface area contributed by atoms with Crippen LogP contribution in [0.15, 0.2) is 34.1 Å². The van der Waals surface area contributed by atoms with Gasteiger partial charge in [-0.05, 0) is 30.5 Å². The molecule has 17 heavy (non-hydrogen) atoms. The minimum atomic E-state index is -0.217. The second kappa shape index (κ2) is 5.16. The first-order chi connectivity index (χ1) is 8.20. The van der Waals surface area contributed by atoms with Gasteiger partial charge in [0.1, 0.15) is 5.76 Å². The van der Waals surface area contributed by atoms with E-state index in [-0.39, 0.29) is 11.9 Å². The van der Waals surface area contributed by atoms with Crippen molar-refractivity contribution in [1.82, 2.24) is 5.32 Å². The van der Waals surface area contributed by atoms with E-state index in [2.05, 4.69) is 5.32 Å². The van der Waals surface area contributed by atoms with Gasteiger partial charge in [0.05, 0.1) is 12.6 Å². The van der Waals surface area contributed by atoms with Crippen molar-refractivity contribution in [2.24, 2.45) is 5.73 Å². The van der Waals surface area contributed by atoms with Crippen molar-refractivity contribution < 1.29 is 9.21 Å². The first-order valence-corrected chi connectivity index (χ1v) is 6.21. The number of amides is 1. The van der Waals surface area contributed by atoms with Crippen LogP contribution in [0.5, 0.6) is 0 Å². The van der Waals surface area contributed by atoms with Crippen LogP contribution >= 0.6 is 11.3 Å². The molecule has 1 atom stereocenters. The van der Waals surface area contributed by atoms with E-state index in [1.807, 2.05) is 24.4 Å². The molecule has 0 bridgehead atoms. The standard InChI is InChI=1S/C12H14N2O2S/c1-8(11-3-2-6-17-11)14-12(15)10-5-4-9(7-13)16-10/h2-6,8H,7,13H2,1H3,(H,14,15)/t8-/m1/s1. The average molecular weight is 250 g/mol. The minimum Gasteiger partial charge on any atom is -0.455 e. The molecular formula is C12H14N2O2S. The Morgan fingerprint density at radius 2 is 2.35 bits per heavy atom. The van der Waals surface area contributed by atoms with E-state index in [0.29, 0.717) is 18.1 Å². The summed E-state index contributed by atoms with van der Waals surface area (Å²) in [6, 6.07) is 7.28. The van der Waals surface area contributed by atoms with Crippen LogP contribution in [0.1, 0.15) is 34.2 Å². The first-order valence-electron chi connectivity index (χ1n) is 5.33. The third kappa shape index (κ3) is 2.75. The maximum atomic E-state index is 11.8. The number of nitrogens with two attached hydrogens (primary N) is 1. The second-order valence-electron chi connectivity index (χ2n) is 3.68. The van der Waals surface area contributed by atoms with Crippen molar-refractivity contribution >= 4 is 17.2 Å². The van der Waals surface area contributed by atoms with Crippen LogP contribution in [0.2, 0.25) is 0 Å². The highest BCUT2D eigenvalue weighted by molar-refractivity contribution is 7.10. The van der Waals surface area contributed by atoms with E-state index in [1.165, 1.54) is 0 Å². The molecule has 0 spiro atoms. The van der Waals surface area contributed by atoms with Gasteiger partial charge in [0.25, 0.3) is 5.91 Å². The van der Waals surface area contributed by atoms with Crippen LogP contribution in [0.3, 0.4) is 0 Å². The molecule has 5 heteroatoms. The predicted octanol–water partition coefficient (Wildman–Crippen LogP) is 2.29. The summed E-state index contributed by atoms with van der Waals surface area (Å²) in [5.74, 6) is 0.693. The fourth-order valence-electron chi connectivity index (χ4n) is 1.49. The summed E-state index contributed by atoms with van der Waals surface area (Å²) in [5.41, 5.74) is 5.42. The molecule has 0 fully saturated rings. The Morgan fingerprint density at radius 3 is 2.94 bits per heavy atom. The third-order valence-electron chi connectivity index (χ3n) is 2.40. The zero-order chi connectivity index (χ0) is 12.3. The summed E-state index contributed by atoms with van der Waals surface area (Å²) < 4.78 is 5.28. The Kier molecular flexibility index (Phi) is 3.61. The quantitative estimate of drug-likeness (QED) is 0.874. The van der Waals surface area contributed by atoms with Gasteiger partial charge >= 0.3 is 0 Å². The highest BCUT2D eigenvalue weighted by atomic mass is 32.1. The topological polar surface area (TPSA) is 68.3 Å². The van der Waals surface area contributed by atoms with Crippen molar-refractivity contribution in [3.05, 3.63) is 46.0 Å². The molecule has 2 aromatic heterocycles. The van der Waals surface area contributed by atoms with E-state index in [9.17, 15) is 4.79 Å². The molecule has 0 aromatic carbocycles. The monoisotopic (exact) mass is 250 g/mol. The number of carbonyl (C=O) groups excluding carboxylic acids is 1. The molecule has 0 unspecified atom stereocenters. The predicted molar refractivity (Wildman–Crippen MR) is 66.8 cm³/mol. The fourth-order valence-corrected chi connectivity index (χ4v) is 2.22. The van der Waals surface area contributed by atoms with Gasteiger partial charge in [0.2, 0.25) is 0 Å². The number of nitrogens with one attached hydrogen (secondary N) is 1. The lowest BCUT2D eigenvalue weighted by Crippen LogP contribution is -2.25. The minimum absolute atomic E-state index is 0.0195. The number of hydrogen-bond acceptors (Lipinski definition) is 4. The van der Waals surface area contributed by atoms with Crippen molar-refractivity contribution in [2.75, 3.05) is 0 Å². The van der Waals surface area contributed by atoms with Crippen LogP contribution in [-0.4, -0.2) is 5.91 Å². The molecule has 0 aliphatic carbocycles. The lowest BCUT2D eigenvalue weighted by atomic mass is 10.2. The molecular weight excluding hydrogens is 236 g/mol. The van der Waals surface area contributed by atoms with E-state index in [1.54, 1.807) is 23.5 Å². The molecule has 2 rings (SSSR count). The van der Waals surface area contributed by atoms with E-state index in [4.69, 9.17) is 10.2 Å². The molecule has 0 aliphatic rings. The highest BCUT2D eigenvalue weighted by Crippen LogP contribution is 2.18. The number of rotatable bonds is 4. The fraction of sp³-hybridized carbons (Fsp3) is 0.250. The average Bonchev–Trinajstić information content (AvgIpc) is 3.00. The summed E-state index contributed by atoms with van der Waals surface area (Å²) in [7, 11) is 0. The van der Waals surface area contributed by atoms with Gasteiger partial charge in [0.15, 0.2) is 5.76 Å². The van der Waals surface area contributed by atoms with Crippen molar-refractivity contribution in [1.29, 1.82) is 0 Å². The molecule has 0 saturated carbocycles. The van der Waals surface area contributed by atoms with Gasteiger partial charge in [-0.1, -0.05) is 6.07 Å². The molecule has 3 N–H and O–H groups in total. The summed E-state index contributed by atoms with van der Waals surface area (Å²) >= 11 is 1.61. The Bertz CT molecular complexity index is 490. The summed E-state index contributed by atoms with van der Waals surface area (Å²) in [5, 5.41) is 4.86.